The number of rotatable bonds is 3. The third-order valence-electron chi connectivity index (χ3n) is 2.76. The summed E-state index contributed by atoms with van der Waals surface area (Å²) in [6.45, 7) is 1.68. The molecule has 0 bridgehead atoms. The zero-order chi connectivity index (χ0) is 10.6. The molecule has 0 aromatic rings. The van der Waals surface area contributed by atoms with E-state index in [0.29, 0.717) is 0 Å². The van der Waals surface area contributed by atoms with Crippen LogP contribution in [0.25, 0.3) is 0 Å². The van der Waals surface area contributed by atoms with Crippen LogP contribution in [-0.4, -0.2) is 24.7 Å². The van der Waals surface area contributed by atoms with Crippen LogP contribution in [0.5, 0.6) is 0 Å². The van der Waals surface area contributed by atoms with Gasteiger partial charge in [-0.15, -0.1) is 0 Å². The second-order valence-corrected chi connectivity index (χ2v) is 3.77. The van der Waals surface area contributed by atoms with E-state index >= 15 is 0 Å². The lowest BCUT2D eigenvalue weighted by molar-refractivity contribution is -0.131. The van der Waals surface area contributed by atoms with Gasteiger partial charge in [0, 0.05) is 7.11 Å². The summed E-state index contributed by atoms with van der Waals surface area (Å²) in [4.78, 5) is 11.5. The van der Waals surface area contributed by atoms with Crippen LogP contribution in [0.4, 0.5) is 0 Å². The molecule has 0 spiro atoms. The first kappa shape index (κ1) is 11.0. The number of nitrogens with one attached hydrogen (secondary N) is 1. The number of nitrogens with zero attached hydrogens (tertiary/aromatic N) is 1. The Morgan fingerprint density at radius 1 is 1.57 bits per heavy atom. The van der Waals surface area contributed by atoms with Gasteiger partial charge in [0.25, 0.3) is 0 Å². The minimum Gasteiger partial charge on any atom is -0.372 e. The van der Waals surface area contributed by atoms with Gasteiger partial charge >= 0.3 is 0 Å². The van der Waals surface area contributed by atoms with Crippen LogP contribution in [0, 0.1) is 11.3 Å². The third kappa shape index (κ3) is 2.24. The van der Waals surface area contributed by atoms with Gasteiger partial charge in [0.1, 0.15) is 11.6 Å². The maximum Gasteiger partial charge on any atom is 0.250 e. The van der Waals surface area contributed by atoms with Crippen molar-refractivity contribution in [2.75, 3.05) is 7.11 Å². The normalized spacial score (nSPS) is 21.2. The summed E-state index contributed by atoms with van der Waals surface area (Å²) < 4.78 is 4.89. The molecule has 0 aliphatic heterocycles. The van der Waals surface area contributed by atoms with Gasteiger partial charge in [0.2, 0.25) is 5.91 Å². The van der Waals surface area contributed by atoms with E-state index < -0.39 is 11.6 Å². The van der Waals surface area contributed by atoms with Crippen LogP contribution in [0.3, 0.4) is 0 Å². The molecular weight excluding hydrogens is 180 g/mol. The van der Waals surface area contributed by atoms with E-state index in [0.717, 1.165) is 25.7 Å². The summed E-state index contributed by atoms with van der Waals surface area (Å²) in [5, 5.41) is 11.8. The maximum atomic E-state index is 11.5. The fraction of sp³-hybridized carbons (Fsp3) is 0.800. The average molecular weight is 196 g/mol. The average Bonchev–Trinajstić information content (AvgIpc) is 2.65. The van der Waals surface area contributed by atoms with Crippen LogP contribution < -0.4 is 5.32 Å². The van der Waals surface area contributed by atoms with E-state index in [-0.39, 0.29) is 5.91 Å². The van der Waals surface area contributed by atoms with Crippen molar-refractivity contribution in [2.24, 2.45) is 0 Å². The largest absolute Gasteiger partial charge is 0.372 e. The predicted octanol–water partition coefficient (Wildman–Crippen LogP) is 0.974. The molecule has 78 valence electrons. The lowest BCUT2D eigenvalue weighted by Crippen LogP contribution is -2.48. The standard InChI is InChI=1S/C10H16N2O2/c1-8(14-2)9(13)12-10(7-11)5-3-4-6-10/h8H,3-6H2,1-2H3,(H,12,13). The molecule has 0 aromatic carbocycles. The summed E-state index contributed by atoms with van der Waals surface area (Å²) in [7, 11) is 1.48. The Morgan fingerprint density at radius 2 is 2.14 bits per heavy atom. The number of methoxy groups -OCH3 is 1. The topological polar surface area (TPSA) is 62.1 Å². The van der Waals surface area contributed by atoms with Crippen molar-refractivity contribution >= 4 is 5.91 Å². The first-order valence-electron chi connectivity index (χ1n) is 4.89. The molecule has 1 saturated carbocycles. The predicted molar refractivity (Wildman–Crippen MR) is 51.4 cm³/mol. The van der Waals surface area contributed by atoms with Crippen LogP contribution in [0.2, 0.25) is 0 Å². The van der Waals surface area contributed by atoms with Crippen LogP contribution in [0.15, 0.2) is 0 Å². The quantitative estimate of drug-likeness (QED) is 0.731. The molecule has 1 N–H and O–H groups in total. The lowest BCUT2D eigenvalue weighted by Gasteiger charge is -2.23. The molecule has 4 nitrogen and oxygen atoms in total. The number of carbonyl (C=O) groups is 1. The van der Waals surface area contributed by atoms with Crippen molar-refractivity contribution in [3.8, 4) is 6.07 Å². The van der Waals surface area contributed by atoms with Crippen molar-refractivity contribution in [2.45, 2.75) is 44.2 Å². The van der Waals surface area contributed by atoms with Crippen LogP contribution >= 0.6 is 0 Å². The Morgan fingerprint density at radius 3 is 2.57 bits per heavy atom. The molecule has 1 amide bonds. The molecule has 1 unspecified atom stereocenters. The molecule has 1 atom stereocenters. The molecule has 14 heavy (non-hydrogen) atoms. The van der Waals surface area contributed by atoms with Gasteiger partial charge < -0.3 is 10.1 Å². The number of ether oxygens (including phenoxy) is 1. The van der Waals surface area contributed by atoms with E-state index in [1.165, 1.54) is 7.11 Å². The van der Waals surface area contributed by atoms with E-state index in [1.807, 2.05) is 0 Å². The zero-order valence-electron chi connectivity index (χ0n) is 8.67. The fourth-order valence-corrected chi connectivity index (χ4v) is 1.69. The van der Waals surface area contributed by atoms with Crippen molar-refractivity contribution in [1.29, 1.82) is 5.26 Å². The summed E-state index contributed by atoms with van der Waals surface area (Å²) >= 11 is 0. The summed E-state index contributed by atoms with van der Waals surface area (Å²) in [5.74, 6) is -0.198. The highest BCUT2D eigenvalue weighted by molar-refractivity contribution is 5.81. The number of nitriles is 1. The van der Waals surface area contributed by atoms with Crippen LogP contribution in [0.1, 0.15) is 32.6 Å². The maximum absolute atomic E-state index is 11.5. The molecule has 0 aromatic heterocycles. The molecule has 4 heteroatoms. The first-order chi connectivity index (χ1) is 6.63. The number of hydrogen-bond acceptors (Lipinski definition) is 3. The molecule has 0 radical (unpaired) electrons. The fourth-order valence-electron chi connectivity index (χ4n) is 1.69. The highest BCUT2D eigenvalue weighted by Gasteiger charge is 2.36. The highest BCUT2D eigenvalue weighted by atomic mass is 16.5. The lowest BCUT2D eigenvalue weighted by atomic mass is 9.99. The minimum absolute atomic E-state index is 0.198. The van der Waals surface area contributed by atoms with Crippen molar-refractivity contribution in [1.82, 2.24) is 5.32 Å². The van der Waals surface area contributed by atoms with Gasteiger partial charge in [0.05, 0.1) is 6.07 Å². The second-order valence-electron chi connectivity index (χ2n) is 3.77. The molecule has 0 heterocycles. The Hall–Kier alpha value is -1.08. The van der Waals surface area contributed by atoms with E-state index in [1.54, 1.807) is 6.92 Å². The molecule has 1 aliphatic rings. The Balaban J connectivity index is 2.57. The zero-order valence-corrected chi connectivity index (χ0v) is 8.67. The Labute approximate surface area is 84.2 Å². The number of carbonyl (C=O) groups excluding carboxylic acids is 1. The number of hydrogen-bond donors (Lipinski definition) is 1. The van der Waals surface area contributed by atoms with E-state index in [2.05, 4.69) is 11.4 Å². The monoisotopic (exact) mass is 196 g/mol. The van der Waals surface area contributed by atoms with Crippen LogP contribution in [-0.2, 0) is 9.53 Å². The molecule has 1 aliphatic carbocycles. The SMILES string of the molecule is COC(C)C(=O)NC1(C#N)CCCC1. The second kappa shape index (κ2) is 4.43. The van der Waals surface area contributed by atoms with E-state index in [4.69, 9.17) is 10.00 Å². The van der Waals surface area contributed by atoms with Crippen molar-refractivity contribution in [3.63, 3.8) is 0 Å². The molecule has 1 rings (SSSR count). The first-order valence-corrected chi connectivity index (χ1v) is 4.89. The van der Waals surface area contributed by atoms with Gasteiger partial charge in [-0.3, -0.25) is 4.79 Å². The third-order valence-corrected chi connectivity index (χ3v) is 2.76. The van der Waals surface area contributed by atoms with Crippen molar-refractivity contribution < 1.29 is 9.53 Å². The summed E-state index contributed by atoms with van der Waals surface area (Å²) in [5.41, 5.74) is -0.635. The molecule has 0 saturated heterocycles. The molecular formula is C10H16N2O2. The summed E-state index contributed by atoms with van der Waals surface area (Å²) in [6, 6.07) is 2.20. The Bertz CT molecular complexity index is 251. The van der Waals surface area contributed by atoms with Gasteiger partial charge in [-0.1, -0.05) is 0 Å². The minimum atomic E-state index is -0.635. The smallest absolute Gasteiger partial charge is 0.250 e. The van der Waals surface area contributed by atoms with Gasteiger partial charge in [-0.25, -0.2) is 0 Å². The number of amides is 1. The van der Waals surface area contributed by atoms with Gasteiger partial charge in [-0.05, 0) is 32.6 Å². The van der Waals surface area contributed by atoms with E-state index in [9.17, 15) is 4.79 Å². The van der Waals surface area contributed by atoms with Crippen molar-refractivity contribution in [3.05, 3.63) is 0 Å². The Kier molecular flexibility index (Phi) is 3.48. The van der Waals surface area contributed by atoms with Gasteiger partial charge in [-0.2, -0.15) is 5.26 Å². The summed E-state index contributed by atoms with van der Waals surface area (Å²) in [6.07, 6.45) is 3.04. The molecule has 1 fully saturated rings. The highest BCUT2D eigenvalue weighted by Crippen LogP contribution is 2.28. The van der Waals surface area contributed by atoms with Gasteiger partial charge in [0.15, 0.2) is 0 Å².